The maximum absolute atomic E-state index is 6.10. The molecule has 0 spiro atoms. The molecule has 3 heteroatoms. The quantitative estimate of drug-likeness (QED) is 0.865. The lowest BCUT2D eigenvalue weighted by atomic mass is 9.91. The molecule has 1 aliphatic rings. The Labute approximate surface area is 99.4 Å². The monoisotopic (exact) mass is 268 g/mol. The van der Waals surface area contributed by atoms with Crippen LogP contribution in [0.1, 0.15) is 25.7 Å². The summed E-state index contributed by atoms with van der Waals surface area (Å²) in [6, 6.07) is 8.93. The van der Waals surface area contributed by atoms with Crippen LogP contribution in [0.4, 0.5) is 5.69 Å². The maximum Gasteiger partial charge on any atom is 0.0487 e. The Hall–Kier alpha value is -0.540. The number of anilines is 1. The van der Waals surface area contributed by atoms with Gasteiger partial charge in [0.15, 0.2) is 0 Å². The van der Waals surface area contributed by atoms with Crippen LogP contribution >= 0.6 is 15.9 Å². The van der Waals surface area contributed by atoms with E-state index in [4.69, 9.17) is 5.73 Å². The number of halogens is 1. The van der Waals surface area contributed by atoms with Gasteiger partial charge < -0.3 is 11.1 Å². The zero-order valence-corrected chi connectivity index (χ0v) is 10.3. The number of hydrogen-bond acceptors (Lipinski definition) is 2. The summed E-state index contributed by atoms with van der Waals surface area (Å²) in [7, 11) is 0. The fourth-order valence-corrected chi connectivity index (χ4v) is 2.52. The molecule has 0 bridgehead atoms. The van der Waals surface area contributed by atoms with Crippen LogP contribution in [0.25, 0.3) is 0 Å². The van der Waals surface area contributed by atoms with Gasteiger partial charge in [0, 0.05) is 22.2 Å². The molecule has 1 aliphatic carbocycles. The first-order chi connectivity index (χ1) is 7.27. The Balaban J connectivity index is 2.04. The first kappa shape index (κ1) is 11.0. The van der Waals surface area contributed by atoms with Crippen LogP contribution in [0, 0.1) is 0 Å². The van der Waals surface area contributed by atoms with Crippen LogP contribution in [0.5, 0.6) is 0 Å². The second-order valence-electron chi connectivity index (χ2n) is 4.18. The second-order valence-corrected chi connectivity index (χ2v) is 5.03. The molecule has 0 aliphatic heterocycles. The van der Waals surface area contributed by atoms with E-state index in [0.29, 0.717) is 12.1 Å². The Kier molecular flexibility index (Phi) is 3.65. The van der Waals surface area contributed by atoms with E-state index < -0.39 is 0 Å². The molecule has 1 fully saturated rings. The zero-order chi connectivity index (χ0) is 10.7. The summed E-state index contributed by atoms with van der Waals surface area (Å²) in [5.74, 6) is 0. The summed E-state index contributed by atoms with van der Waals surface area (Å²) in [4.78, 5) is 0. The van der Waals surface area contributed by atoms with Gasteiger partial charge in [-0.25, -0.2) is 0 Å². The summed E-state index contributed by atoms with van der Waals surface area (Å²) in [6.07, 6.45) is 4.88. The molecule has 0 amide bonds. The molecule has 15 heavy (non-hydrogen) atoms. The summed E-state index contributed by atoms with van der Waals surface area (Å²) >= 11 is 3.54. The average Bonchev–Trinajstić information content (AvgIpc) is 2.24. The number of nitrogens with two attached hydrogens (primary N) is 1. The Morgan fingerprint density at radius 2 is 1.93 bits per heavy atom. The third-order valence-electron chi connectivity index (χ3n) is 3.03. The molecule has 0 unspecified atom stereocenters. The number of para-hydroxylation sites is 1. The van der Waals surface area contributed by atoms with E-state index in [9.17, 15) is 0 Å². The minimum atomic E-state index is 0.297. The molecule has 0 aromatic heterocycles. The van der Waals surface area contributed by atoms with Crippen LogP contribution in [-0.2, 0) is 0 Å². The largest absolute Gasteiger partial charge is 0.380 e. The highest BCUT2D eigenvalue weighted by Crippen LogP contribution is 2.26. The Bertz CT molecular complexity index is 327. The lowest BCUT2D eigenvalue weighted by molar-refractivity contribution is 0.404. The average molecular weight is 269 g/mol. The minimum Gasteiger partial charge on any atom is -0.380 e. The first-order valence-corrected chi connectivity index (χ1v) is 6.33. The summed E-state index contributed by atoms with van der Waals surface area (Å²) in [5, 5.41) is 3.53. The van der Waals surface area contributed by atoms with Crippen molar-refractivity contribution in [2.75, 3.05) is 5.32 Å². The smallest absolute Gasteiger partial charge is 0.0487 e. The van der Waals surface area contributed by atoms with Crippen molar-refractivity contribution in [2.24, 2.45) is 5.73 Å². The summed E-state index contributed by atoms with van der Waals surface area (Å²) in [6.45, 7) is 0. The van der Waals surface area contributed by atoms with Crippen molar-refractivity contribution in [1.82, 2.24) is 0 Å². The van der Waals surface area contributed by atoms with Crippen molar-refractivity contribution >= 4 is 21.6 Å². The van der Waals surface area contributed by atoms with Gasteiger partial charge in [-0.2, -0.15) is 0 Å². The van der Waals surface area contributed by atoms with Gasteiger partial charge in [0.05, 0.1) is 0 Å². The molecule has 82 valence electrons. The van der Waals surface area contributed by atoms with Gasteiger partial charge in [-0.15, -0.1) is 0 Å². The van der Waals surface area contributed by atoms with Crippen LogP contribution < -0.4 is 11.1 Å². The molecular formula is C12H17BrN2. The van der Waals surface area contributed by atoms with E-state index in [2.05, 4.69) is 33.4 Å². The van der Waals surface area contributed by atoms with Crippen LogP contribution in [-0.4, -0.2) is 12.1 Å². The highest BCUT2D eigenvalue weighted by atomic mass is 79.9. The van der Waals surface area contributed by atoms with Crippen molar-refractivity contribution in [1.29, 1.82) is 0 Å². The Morgan fingerprint density at radius 3 is 2.67 bits per heavy atom. The molecule has 0 radical (unpaired) electrons. The highest BCUT2D eigenvalue weighted by Gasteiger charge is 2.21. The molecule has 1 saturated carbocycles. The van der Waals surface area contributed by atoms with Crippen LogP contribution in [0.3, 0.4) is 0 Å². The standard InChI is InChI=1S/C12H17BrN2/c13-9-5-1-3-7-11(9)15-12-8-4-2-6-10(12)14/h1,3,5,7,10,12,15H,2,4,6,8,14H2/t10-,12-/m1/s1. The van der Waals surface area contributed by atoms with E-state index in [-0.39, 0.29) is 0 Å². The molecule has 1 aromatic carbocycles. The van der Waals surface area contributed by atoms with Crippen LogP contribution in [0.2, 0.25) is 0 Å². The molecule has 2 nitrogen and oxygen atoms in total. The Morgan fingerprint density at radius 1 is 1.20 bits per heavy atom. The SMILES string of the molecule is N[C@@H]1CCCC[C@H]1Nc1ccccc1Br. The third kappa shape index (κ3) is 2.73. The van der Waals surface area contributed by atoms with Crippen molar-refractivity contribution in [3.05, 3.63) is 28.7 Å². The summed E-state index contributed by atoms with van der Waals surface area (Å²) < 4.78 is 1.11. The molecule has 3 N–H and O–H groups in total. The van der Waals surface area contributed by atoms with Gasteiger partial charge in [0.1, 0.15) is 0 Å². The van der Waals surface area contributed by atoms with Gasteiger partial charge in [0.25, 0.3) is 0 Å². The molecule has 2 rings (SSSR count). The molecule has 2 atom stereocenters. The van der Waals surface area contributed by atoms with E-state index in [1.54, 1.807) is 0 Å². The number of benzene rings is 1. The number of nitrogens with one attached hydrogen (secondary N) is 1. The van der Waals surface area contributed by atoms with E-state index >= 15 is 0 Å². The predicted molar refractivity (Wildman–Crippen MR) is 68.0 cm³/mol. The zero-order valence-electron chi connectivity index (χ0n) is 8.75. The van der Waals surface area contributed by atoms with Gasteiger partial charge in [-0.05, 0) is 40.9 Å². The highest BCUT2D eigenvalue weighted by molar-refractivity contribution is 9.10. The summed E-state index contributed by atoms with van der Waals surface area (Å²) in [5.41, 5.74) is 7.25. The van der Waals surface area contributed by atoms with Gasteiger partial charge in [0.2, 0.25) is 0 Å². The predicted octanol–water partition coefficient (Wildman–Crippen LogP) is 3.13. The van der Waals surface area contributed by atoms with Crippen molar-refractivity contribution in [3.63, 3.8) is 0 Å². The normalized spacial score (nSPS) is 26.3. The minimum absolute atomic E-state index is 0.297. The maximum atomic E-state index is 6.10. The van der Waals surface area contributed by atoms with Gasteiger partial charge in [-0.3, -0.25) is 0 Å². The van der Waals surface area contributed by atoms with Crippen molar-refractivity contribution in [2.45, 2.75) is 37.8 Å². The number of rotatable bonds is 2. The molecule has 0 heterocycles. The van der Waals surface area contributed by atoms with E-state index in [1.165, 1.54) is 19.3 Å². The lowest BCUT2D eigenvalue weighted by Gasteiger charge is -2.30. The fourth-order valence-electron chi connectivity index (χ4n) is 2.12. The molecule has 1 aromatic rings. The third-order valence-corrected chi connectivity index (χ3v) is 3.73. The van der Waals surface area contributed by atoms with Crippen molar-refractivity contribution < 1.29 is 0 Å². The molecule has 0 saturated heterocycles. The van der Waals surface area contributed by atoms with Crippen LogP contribution in [0.15, 0.2) is 28.7 Å². The topological polar surface area (TPSA) is 38.0 Å². The van der Waals surface area contributed by atoms with Gasteiger partial charge in [-0.1, -0.05) is 25.0 Å². The van der Waals surface area contributed by atoms with E-state index in [1.807, 2.05) is 12.1 Å². The van der Waals surface area contributed by atoms with Crippen molar-refractivity contribution in [3.8, 4) is 0 Å². The fraction of sp³-hybridized carbons (Fsp3) is 0.500. The number of hydrogen-bond donors (Lipinski definition) is 2. The molecular weight excluding hydrogens is 252 g/mol. The van der Waals surface area contributed by atoms with Gasteiger partial charge >= 0.3 is 0 Å². The lowest BCUT2D eigenvalue weighted by Crippen LogP contribution is -2.42. The second kappa shape index (κ2) is 4.99. The first-order valence-electron chi connectivity index (χ1n) is 5.54. The van der Waals surface area contributed by atoms with E-state index in [0.717, 1.165) is 16.6 Å².